The zero-order valence-corrected chi connectivity index (χ0v) is 9.82. The highest BCUT2D eigenvalue weighted by Crippen LogP contribution is 2.21. The predicted molar refractivity (Wildman–Crippen MR) is 62.1 cm³/mol. The summed E-state index contributed by atoms with van der Waals surface area (Å²) in [6.45, 7) is 4.26. The smallest absolute Gasteiger partial charge is 0.394 e. The minimum atomic E-state index is -1.49. The van der Waals surface area contributed by atoms with Crippen LogP contribution in [0.5, 0.6) is 5.75 Å². The minimum Gasteiger partial charge on any atom is -0.491 e. The van der Waals surface area contributed by atoms with Crippen LogP contribution in [0.4, 0.5) is 0 Å². The molecule has 0 aromatic heterocycles. The standard InChI is InChI=1S/C12H15NO4/c1-8-4-3-5-9(2)10(8)17-7-6-13-11(14)12(15)16/h3-5H,6-7H2,1-2H3,(H,13,14)(H,15,16). The highest BCUT2D eigenvalue weighted by atomic mass is 16.5. The second-order valence-electron chi connectivity index (χ2n) is 3.63. The van der Waals surface area contributed by atoms with Gasteiger partial charge in [0.1, 0.15) is 12.4 Å². The van der Waals surface area contributed by atoms with E-state index in [2.05, 4.69) is 5.32 Å². The number of carboxylic acid groups (broad SMARTS) is 1. The van der Waals surface area contributed by atoms with Crippen molar-refractivity contribution in [1.82, 2.24) is 5.32 Å². The monoisotopic (exact) mass is 237 g/mol. The molecule has 17 heavy (non-hydrogen) atoms. The summed E-state index contributed by atoms with van der Waals surface area (Å²) < 4.78 is 5.49. The molecule has 0 heterocycles. The van der Waals surface area contributed by atoms with E-state index in [1.54, 1.807) is 0 Å². The number of rotatable bonds is 4. The van der Waals surface area contributed by atoms with Crippen LogP contribution in [-0.4, -0.2) is 30.1 Å². The van der Waals surface area contributed by atoms with Crippen LogP contribution in [0.3, 0.4) is 0 Å². The van der Waals surface area contributed by atoms with E-state index in [1.165, 1.54) is 0 Å². The number of hydrogen-bond acceptors (Lipinski definition) is 3. The Morgan fingerprint density at radius 1 is 1.29 bits per heavy atom. The Bertz CT molecular complexity index is 408. The first-order valence-electron chi connectivity index (χ1n) is 5.22. The largest absolute Gasteiger partial charge is 0.491 e. The third kappa shape index (κ3) is 3.79. The Morgan fingerprint density at radius 3 is 2.41 bits per heavy atom. The van der Waals surface area contributed by atoms with E-state index in [9.17, 15) is 9.59 Å². The van der Waals surface area contributed by atoms with Gasteiger partial charge in [0, 0.05) is 0 Å². The van der Waals surface area contributed by atoms with Gasteiger partial charge in [0.05, 0.1) is 6.54 Å². The van der Waals surface area contributed by atoms with Crippen LogP contribution in [0.1, 0.15) is 11.1 Å². The second kappa shape index (κ2) is 5.89. The number of aryl methyl sites for hydroxylation is 2. The van der Waals surface area contributed by atoms with Crippen LogP contribution < -0.4 is 10.1 Å². The average Bonchev–Trinajstić information content (AvgIpc) is 2.27. The van der Waals surface area contributed by atoms with Crippen LogP contribution in [0.2, 0.25) is 0 Å². The number of benzene rings is 1. The van der Waals surface area contributed by atoms with Gasteiger partial charge < -0.3 is 15.2 Å². The summed E-state index contributed by atoms with van der Waals surface area (Å²) in [5.74, 6) is -1.73. The molecular formula is C12H15NO4. The zero-order chi connectivity index (χ0) is 12.8. The lowest BCUT2D eigenvalue weighted by atomic mass is 10.1. The van der Waals surface area contributed by atoms with Gasteiger partial charge in [-0.05, 0) is 25.0 Å². The van der Waals surface area contributed by atoms with Gasteiger partial charge in [0.2, 0.25) is 0 Å². The number of carbonyl (C=O) groups excluding carboxylic acids is 1. The number of ether oxygens (including phenoxy) is 1. The molecule has 0 aliphatic rings. The number of nitrogens with one attached hydrogen (secondary N) is 1. The molecule has 0 saturated heterocycles. The minimum absolute atomic E-state index is 0.166. The molecule has 0 bridgehead atoms. The Kier molecular flexibility index (Phi) is 4.51. The molecule has 1 amide bonds. The fourth-order valence-corrected chi connectivity index (χ4v) is 1.42. The summed E-state index contributed by atoms with van der Waals surface area (Å²) in [6, 6.07) is 5.79. The number of aliphatic carboxylic acids is 1. The van der Waals surface area contributed by atoms with Crippen LogP contribution in [0, 0.1) is 13.8 Å². The number of amides is 1. The van der Waals surface area contributed by atoms with Crippen molar-refractivity contribution < 1.29 is 19.4 Å². The van der Waals surface area contributed by atoms with E-state index >= 15 is 0 Å². The van der Waals surface area contributed by atoms with Gasteiger partial charge >= 0.3 is 11.9 Å². The molecule has 92 valence electrons. The molecule has 5 nitrogen and oxygen atoms in total. The van der Waals surface area contributed by atoms with Gasteiger partial charge in [0.15, 0.2) is 0 Å². The van der Waals surface area contributed by atoms with Gasteiger partial charge in [-0.1, -0.05) is 18.2 Å². The third-order valence-corrected chi connectivity index (χ3v) is 2.24. The van der Waals surface area contributed by atoms with Crippen molar-refractivity contribution in [2.24, 2.45) is 0 Å². The van der Waals surface area contributed by atoms with Crippen LogP contribution in [0.25, 0.3) is 0 Å². The molecule has 1 aromatic rings. The normalized spacial score (nSPS) is 9.76. The van der Waals surface area contributed by atoms with Crippen LogP contribution in [-0.2, 0) is 9.59 Å². The molecule has 1 aromatic carbocycles. The Balaban J connectivity index is 2.41. The molecule has 1 rings (SSSR count). The summed E-state index contributed by atoms with van der Waals surface area (Å²) in [6.07, 6.45) is 0. The van der Waals surface area contributed by atoms with Crippen molar-refractivity contribution in [2.45, 2.75) is 13.8 Å². The second-order valence-corrected chi connectivity index (χ2v) is 3.63. The molecule has 2 N–H and O–H groups in total. The first-order chi connectivity index (χ1) is 8.02. The predicted octanol–water partition coefficient (Wildman–Crippen LogP) is 0.883. The van der Waals surface area contributed by atoms with E-state index in [1.807, 2.05) is 32.0 Å². The van der Waals surface area contributed by atoms with Gasteiger partial charge in [0.25, 0.3) is 0 Å². The summed E-state index contributed by atoms with van der Waals surface area (Å²) >= 11 is 0. The topological polar surface area (TPSA) is 75.6 Å². The fourth-order valence-electron chi connectivity index (χ4n) is 1.42. The van der Waals surface area contributed by atoms with Gasteiger partial charge in [-0.3, -0.25) is 4.79 Å². The van der Waals surface area contributed by atoms with E-state index in [-0.39, 0.29) is 13.2 Å². The van der Waals surface area contributed by atoms with Gasteiger partial charge in [-0.25, -0.2) is 4.79 Å². The third-order valence-electron chi connectivity index (χ3n) is 2.24. The number of para-hydroxylation sites is 1. The molecule has 0 atom stereocenters. The molecule has 0 fully saturated rings. The SMILES string of the molecule is Cc1cccc(C)c1OCCNC(=O)C(=O)O. The van der Waals surface area contributed by atoms with E-state index in [4.69, 9.17) is 9.84 Å². The fraction of sp³-hybridized carbons (Fsp3) is 0.333. The maximum Gasteiger partial charge on any atom is 0.394 e. The van der Waals surface area contributed by atoms with Gasteiger partial charge in [-0.2, -0.15) is 0 Å². The first-order valence-corrected chi connectivity index (χ1v) is 5.22. The molecular weight excluding hydrogens is 222 g/mol. The van der Waals surface area contributed by atoms with E-state index < -0.39 is 11.9 Å². The van der Waals surface area contributed by atoms with E-state index in [0.717, 1.165) is 16.9 Å². The molecule has 0 aliphatic carbocycles. The van der Waals surface area contributed by atoms with Crippen molar-refractivity contribution in [3.05, 3.63) is 29.3 Å². The summed E-state index contributed by atoms with van der Waals surface area (Å²) in [4.78, 5) is 20.9. The average molecular weight is 237 g/mol. The molecule has 0 saturated carbocycles. The quantitative estimate of drug-likeness (QED) is 0.602. The number of carboxylic acids is 1. The lowest BCUT2D eigenvalue weighted by Crippen LogP contribution is -2.33. The Hall–Kier alpha value is -2.04. The lowest BCUT2D eigenvalue weighted by Gasteiger charge is -2.11. The highest BCUT2D eigenvalue weighted by molar-refractivity contribution is 6.31. The molecule has 0 unspecified atom stereocenters. The van der Waals surface area contributed by atoms with Crippen LogP contribution in [0.15, 0.2) is 18.2 Å². The maximum atomic E-state index is 10.7. The summed E-state index contributed by atoms with van der Waals surface area (Å²) in [7, 11) is 0. The highest BCUT2D eigenvalue weighted by Gasteiger charge is 2.09. The van der Waals surface area contributed by atoms with Crippen molar-refractivity contribution in [3.63, 3.8) is 0 Å². The number of hydrogen-bond donors (Lipinski definition) is 2. The van der Waals surface area contributed by atoms with Gasteiger partial charge in [-0.15, -0.1) is 0 Å². The molecule has 0 radical (unpaired) electrons. The molecule has 0 aliphatic heterocycles. The Labute approximate surface area is 99.4 Å². The van der Waals surface area contributed by atoms with Crippen molar-refractivity contribution >= 4 is 11.9 Å². The van der Waals surface area contributed by atoms with E-state index in [0.29, 0.717) is 0 Å². The number of carbonyl (C=O) groups is 2. The summed E-state index contributed by atoms with van der Waals surface area (Å²) in [5.41, 5.74) is 2.02. The maximum absolute atomic E-state index is 10.7. The first kappa shape index (κ1) is 13.0. The van der Waals surface area contributed by atoms with Crippen molar-refractivity contribution in [3.8, 4) is 5.75 Å². The zero-order valence-electron chi connectivity index (χ0n) is 9.82. The molecule has 0 spiro atoms. The Morgan fingerprint density at radius 2 is 1.88 bits per heavy atom. The van der Waals surface area contributed by atoms with Crippen LogP contribution >= 0.6 is 0 Å². The lowest BCUT2D eigenvalue weighted by molar-refractivity contribution is -0.150. The molecule has 5 heteroatoms. The summed E-state index contributed by atoms with van der Waals surface area (Å²) in [5, 5.41) is 10.6. The van der Waals surface area contributed by atoms with Crippen molar-refractivity contribution in [1.29, 1.82) is 0 Å². The van der Waals surface area contributed by atoms with Crippen molar-refractivity contribution in [2.75, 3.05) is 13.2 Å².